The van der Waals surface area contributed by atoms with Crippen molar-refractivity contribution in [1.29, 1.82) is 0 Å². The fourth-order valence-corrected chi connectivity index (χ4v) is 2.88. The van der Waals surface area contributed by atoms with Crippen LogP contribution in [0.15, 0.2) is 5.16 Å². The summed E-state index contributed by atoms with van der Waals surface area (Å²) in [5.41, 5.74) is 5.55. The Kier molecular flexibility index (Phi) is 3.94. The molecule has 1 saturated carbocycles. The summed E-state index contributed by atoms with van der Waals surface area (Å²) in [5.74, 6) is -0.939. The Labute approximate surface area is 110 Å². The Morgan fingerprint density at radius 1 is 1.32 bits per heavy atom. The Balaban J connectivity index is 1.80. The van der Waals surface area contributed by atoms with Gasteiger partial charge in [0.25, 0.3) is 0 Å². The van der Waals surface area contributed by atoms with Crippen molar-refractivity contribution in [3.63, 3.8) is 0 Å². The maximum Gasteiger partial charge on any atom is 0.391 e. The van der Waals surface area contributed by atoms with Gasteiger partial charge in [-0.25, -0.2) is 0 Å². The monoisotopic (exact) mass is 279 g/mol. The average molecular weight is 279 g/mol. The number of rotatable bonds is 4. The van der Waals surface area contributed by atoms with E-state index >= 15 is 0 Å². The van der Waals surface area contributed by atoms with Crippen LogP contribution in [0.1, 0.15) is 32.1 Å². The number of alkyl halides is 3. The molecule has 1 heterocycles. The molecule has 2 fully saturated rings. The van der Waals surface area contributed by atoms with Crippen LogP contribution < -0.4 is 5.73 Å². The number of nitrogens with zero attached hydrogens (tertiary/aromatic N) is 2. The van der Waals surface area contributed by atoms with Crippen LogP contribution in [0.3, 0.4) is 0 Å². The maximum atomic E-state index is 12.6. The van der Waals surface area contributed by atoms with Gasteiger partial charge in [-0.1, -0.05) is 5.16 Å². The Hall–Kier alpha value is -0.980. The molecule has 0 aromatic carbocycles. The molecule has 0 radical (unpaired) electrons. The largest absolute Gasteiger partial charge is 0.409 e. The van der Waals surface area contributed by atoms with Gasteiger partial charge in [0.15, 0.2) is 0 Å². The van der Waals surface area contributed by atoms with Crippen LogP contribution >= 0.6 is 0 Å². The topological polar surface area (TPSA) is 61.8 Å². The van der Waals surface area contributed by atoms with Crippen molar-refractivity contribution in [1.82, 2.24) is 4.90 Å². The van der Waals surface area contributed by atoms with Crippen LogP contribution in [0.2, 0.25) is 0 Å². The summed E-state index contributed by atoms with van der Waals surface area (Å²) >= 11 is 0. The lowest BCUT2D eigenvalue weighted by Crippen LogP contribution is -2.42. The lowest BCUT2D eigenvalue weighted by molar-refractivity contribution is -0.185. The van der Waals surface area contributed by atoms with Crippen molar-refractivity contribution < 1.29 is 18.4 Å². The lowest BCUT2D eigenvalue weighted by atomic mass is 9.94. The fraction of sp³-hybridized carbons (Fsp3) is 0.917. The molecular weight excluding hydrogens is 259 g/mol. The molecule has 2 aliphatic rings. The molecular formula is C12H20F3N3O. The number of hydrogen-bond donors (Lipinski definition) is 2. The summed E-state index contributed by atoms with van der Waals surface area (Å²) in [6, 6.07) is 0. The van der Waals surface area contributed by atoms with Crippen molar-refractivity contribution >= 4 is 5.84 Å². The van der Waals surface area contributed by atoms with E-state index in [-0.39, 0.29) is 24.1 Å². The molecule has 1 aliphatic carbocycles. The smallest absolute Gasteiger partial charge is 0.391 e. The van der Waals surface area contributed by atoms with Crippen LogP contribution in [0.4, 0.5) is 13.2 Å². The second-order valence-corrected chi connectivity index (χ2v) is 5.86. The highest BCUT2D eigenvalue weighted by atomic mass is 19.4. The van der Waals surface area contributed by atoms with Gasteiger partial charge in [0.05, 0.1) is 5.92 Å². The molecule has 110 valence electrons. The molecule has 0 bridgehead atoms. The highest BCUT2D eigenvalue weighted by Gasteiger charge is 2.46. The van der Waals surface area contributed by atoms with Crippen LogP contribution in [-0.2, 0) is 0 Å². The quantitative estimate of drug-likeness (QED) is 0.359. The van der Waals surface area contributed by atoms with Crippen LogP contribution in [0.25, 0.3) is 0 Å². The van der Waals surface area contributed by atoms with Crippen LogP contribution in [0, 0.1) is 11.3 Å². The summed E-state index contributed by atoms with van der Waals surface area (Å²) in [7, 11) is 0. The standard InChI is InChI=1S/C12H20F3N3O/c13-12(14,15)9-1-5-18(6-2-9)8-11(3-4-11)7-10(16)17-19/h9,19H,1-8H2,(H2,16,17). The molecule has 1 aliphatic heterocycles. The van der Waals surface area contributed by atoms with E-state index in [2.05, 4.69) is 10.1 Å². The normalized spacial score (nSPS) is 25.5. The number of amidine groups is 1. The molecule has 0 amide bonds. The zero-order chi connectivity index (χ0) is 14.1. The molecule has 0 aromatic heterocycles. The van der Waals surface area contributed by atoms with Gasteiger partial charge >= 0.3 is 6.18 Å². The molecule has 1 saturated heterocycles. The van der Waals surface area contributed by atoms with Crippen molar-refractivity contribution in [2.75, 3.05) is 19.6 Å². The summed E-state index contributed by atoms with van der Waals surface area (Å²) in [4.78, 5) is 2.08. The summed E-state index contributed by atoms with van der Waals surface area (Å²) in [5, 5.41) is 11.6. The number of nitrogens with two attached hydrogens (primary N) is 1. The van der Waals surface area contributed by atoms with E-state index in [9.17, 15) is 13.2 Å². The van der Waals surface area contributed by atoms with Gasteiger partial charge in [-0.15, -0.1) is 0 Å². The van der Waals surface area contributed by atoms with E-state index in [1.807, 2.05) is 0 Å². The SMILES string of the molecule is NC(CC1(CN2CCC(C(F)(F)F)CC2)CC1)=NO. The Morgan fingerprint density at radius 2 is 1.89 bits per heavy atom. The minimum absolute atomic E-state index is 0.0291. The van der Waals surface area contributed by atoms with Gasteiger partial charge in [0.2, 0.25) is 0 Å². The summed E-state index contributed by atoms with van der Waals surface area (Å²) in [6.45, 7) is 1.73. The van der Waals surface area contributed by atoms with E-state index in [4.69, 9.17) is 10.9 Å². The summed E-state index contributed by atoms with van der Waals surface area (Å²) < 4.78 is 37.7. The molecule has 0 atom stereocenters. The predicted octanol–water partition coefficient (Wildman–Crippen LogP) is 2.18. The lowest BCUT2D eigenvalue weighted by Gasteiger charge is -2.35. The van der Waals surface area contributed by atoms with Gasteiger partial charge in [-0.3, -0.25) is 0 Å². The molecule has 4 nitrogen and oxygen atoms in total. The molecule has 7 heteroatoms. The fourth-order valence-electron chi connectivity index (χ4n) is 2.88. The zero-order valence-corrected chi connectivity index (χ0v) is 10.8. The van der Waals surface area contributed by atoms with Crippen molar-refractivity contribution in [3.05, 3.63) is 0 Å². The third kappa shape index (κ3) is 3.75. The minimum atomic E-state index is -4.06. The molecule has 0 unspecified atom stereocenters. The first-order chi connectivity index (χ1) is 8.85. The molecule has 0 spiro atoms. The number of oxime groups is 1. The van der Waals surface area contributed by atoms with E-state index < -0.39 is 12.1 Å². The van der Waals surface area contributed by atoms with Gasteiger partial charge in [-0.2, -0.15) is 13.2 Å². The average Bonchev–Trinajstić information content (AvgIpc) is 3.08. The second kappa shape index (κ2) is 5.19. The number of piperidine rings is 1. The molecule has 2 rings (SSSR count). The van der Waals surface area contributed by atoms with E-state index in [1.54, 1.807) is 0 Å². The van der Waals surface area contributed by atoms with E-state index in [0.717, 1.165) is 19.4 Å². The Morgan fingerprint density at radius 3 is 2.32 bits per heavy atom. The molecule has 3 N–H and O–H groups in total. The van der Waals surface area contributed by atoms with Crippen molar-refractivity contribution in [2.24, 2.45) is 22.2 Å². The third-order valence-corrected chi connectivity index (χ3v) is 4.25. The van der Waals surface area contributed by atoms with Gasteiger partial charge < -0.3 is 15.8 Å². The first-order valence-corrected chi connectivity index (χ1v) is 6.60. The van der Waals surface area contributed by atoms with Gasteiger partial charge in [0, 0.05) is 13.0 Å². The van der Waals surface area contributed by atoms with E-state index in [0.29, 0.717) is 19.5 Å². The summed E-state index contributed by atoms with van der Waals surface area (Å²) in [6.07, 6.45) is -1.16. The first-order valence-electron chi connectivity index (χ1n) is 6.60. The maximum absolute atomic E-state index is 12.6. The van der Waals surface area contributed by atoms with Crippen LogP contribution in [0.5, 0.6) is 0 Å². The number of likely N-dealkylation sites (tertiary alicyclic amines) is 1. The second-order valence-electron chi connectivity index (χ2n) is 5.86. The van der Waals surface area contributed by atoms with Gasteiger partial charge in [-0.05, 0) is 44.2 Å². The molecule has 19 heavy (non-hydrogen) atoms. The third-order valence-electron chi connectivity index (χ3n) is 4.25. The van der Waals surface area contributed by atoms with E-state index in [1.165, 1.54) is 0 Å². The number of halogens is 3. The minimum Gasteiger partial charge on any atom is -0.409 e. The molecule has 0 aromatic rings. The predicted molar refractivity (Wildman–Crippen MR) is 64.9 cm³/mol. The Bertz CT molecular complexity index is 345. The van der Waals surface area contributed by atoms with Crippen LogP contribution in [-0.4, -0.2) is 41.8 Å². The highest BCUT2D eigenvalue weighted by Crippen LogP contribution is 2.50. The number of hydrogen-bond acceptors (Lipinski definition) is 3. The van der Waals surface area contributed by atoms with Gasteiger partial charge in [0.1, 0.15) is 5.84 Å². The highest BCUT2D eigenvalue weighted by molar-refractivity contribution is 5.80. The zero-order valence-electron chi connectivity index (χ0n) is 10.8. The van der Waals surface area contributed by atoms with Crippen molar-refractivity contribution in [2.45, 2.75) is 38.3 Å². The first kappa shape index (κ1) is 14.4. The van der Waals surface area contributed by atoms with Crippen molar-refractivity contribution in [3.8, 4) is 0 Å².